The molecule has 10 nitrogen and oxygen atoms in total. The zero-order valence-electron chi connectivity index (χ0n) is 15.1. The normalized spacial score (nSPS) is 23.5. The van der Waals surface area contributed by atoms with Gasteiger partial charge in [0.1, 0.15) is 11.3 Å². The molecule has 0 spiro atoms. The molecule has 1 fully saturated rings. The standard InChI is InChI=1S/C17H19ClN5O5P/c18-11-1-3-12(4-2-11)28-29(25,26)27-8-10-5-15(13(10)7-24)23-9-21-14-6-20-17(19)22-16(14)23/h1-4,6,9-10,13,15,24H,5,7-8H2,(H,25,26)(H2,19,20,22)/t10-,13-,15-/m1/s1. The van der Waals surface area contributed by atoms with Crippen molar-refractivity contribution in [3.8, 4) is 5.75 Å². The van der Waals surface area contributed by atoms with Crippen LogP contribution in [0.5, 0.6) is 5.75 Å². The lowest BCUT2D eigenvalue weighted by molar-refractivity contribution is -0.00487. The number of fused-ring (bicyclic) bond motifs is 1. The molecule has 0 bridgehead atoms. The molecule has 2 aromatic heterocycles. The van der Waals surface area contributed by atoms with Crippen molar-refractivity contribution in [3.63, 3.8) is 0 Å². The molecular formula is C17H19ClN5O5P. The topological polar surface area (TPSA) is 146 Å². The molecular weight excluding hydrogens is 421 g/mol. The first-order chi connectivity index (χ1) is 13.9. The molecule has 0 radical (unpaired) electrons. The van der Waals surface area contributed by atoms with Gasteiger partial charge in [0.15, 0.2) is 5.65 Å². The van der Waals surface area contributed by atoms with Crippen LogP contribution < -0.4 is 10.3 Å². The molecule has 4 rings (SSSR count). The molecule has 1 saturated carbocycles. The van der Waals surface area contributed by atoms with E-state index in [-0.39, 0.29) is 42.8 Å². The third-order valence-corrected chi connectivity index (χ3v) is 6.20. The van der Waals surface area contributed by atoms with Crippen molar-refractivity contribution < 1.29 is 23.6 Å². The predicted molar refractivity (Wildman–Crippen MR) is 105 cm³/mol. The monoisotopic (exact) mass is 439 g/mol. The van der Waals surface area contributed by atoms with E-state index in [0.717, 1.165) is 0 Å². The van der Waals surface area contributed by atoms with Crippen molar-refractivity contribution in [2.45, 2.75) is 12.5 Å². The highest BCUT2D eigenvalue weighted by molar-refractivity contribution is 7.47. The number of aliphatic hydroxyl groups excluding tert-OH is 1. The van der Waals surface area contributed by atoms with Crippen LogP contribution in [0, 0.1) is 11.8 Å². The Balaban J connectivity index is 1.40. The SMILES string of the molecule is Nc1ncc2ncn([C@@H]3C[C@H](COP(=O)(O)Oc4ccc(Cl)cc4)[C@H]3CO)c2n1. The average Bonchev–Trinajstić information content (AvgIpc) is 3.05. The van der Waals surface area contributed by atoms with Crippen molar-refractivity contribution in [2.75, 3.05) is 18.9 Å². The van der Waals surface area contributed by atoms with Crippen molar-refractivity contribution in [1.82, 2.24) is 19.5 Å². The lowest BCUT2D eigenvalue weighted by atomic mass is 9.70. The highest BCUT2D eigenvalue weighted by Crippen LogP contribution is 2.49. The molecule has 12 heteroatoms. The maximum absolute atomic E-state index is 12.2. The van der Waals surface area contributed by atoms with Crippen molar-refractivity contribution in [2.24, 2.45) is 11.8 Å². The number of phosphoric acid groups is 1. The first-order valence-electron chi connectivity index (χ1n) is 8.84. The summed E-state index contributed by atoms with van der Waals surface area (Å²) in [6, 6.07) is 5.95. The zero-order valence-corrected chi connectivity index (χ0v) is 16.8. The fourth-order valence-corrected chi connectivity index (χ4v) is 4.43. The number of hydrogen-bond donors (Lipinski definition) is 3. The summed E-state index contributed by atoms with van der Waals surface area (Å²) in [5, 5.41) is 10.3. The second kappa shape index (κ2) is 7.89. The molecule has 1 unspecified atom stereocenters. The van der Waals surface area contributed by atoms with Crippen molar-refractivity contribution >= 4 is 36.5 Å². The van der Waals surface area contributed by atoms with Crippen LogP contribution in [0.3, 0.4) is 0 Å². The Morgan fingerprint density at radius 3 is 2.79 bits per heavy atom. The Morgan fingerprint density at radius 1 is 1.31 bits per heavy atom. The minimum atomic E-state index is -4.31. The summed E-state index contributed by atoms with van der Waals surface area (Å²) in [5.41, 5.74) is 6.85. The Hall–Kier alpha value is -2.23. The van der Waals surface area contributed by atoms with Crippen LogP contribution in [-0.2, 0) is 9.09 Å². The molecule has 1 aliphatic rings. The molecule has 4 N–H and O–H groups in total. The van der Waals surface area contributed by atoms with E-state index in [2.05, 4.69) is 15.0 Å². The highest BCUT2D eigenvalue weighted by Gasteiger charge is 2.43. The summed E-state index contributed by atoms with van der Waals surface area (Å²) in [7, 11) is -4.31. The first-order valence-corrected chi connectivity index (χ1v) is 10.7. The summed E-state index contributed by atoms with van der Waals surface area (Å²) in [5.74, 6) is -0.0118. The first kappa shape index (κ1) is 20.1. The minimum Gasteiger partial charge on any atom is -0.404 e. The number of imidazole rings is 1. The van der Waals surface area contributed by atoms with Gasteiger partial charge in [-0.15, -0.1) is 0 Å². The van der Waals surface area contributed by atoms with E-state index in [1.807, 2.05) is 4.57 Å². The molecule has 2 heterocycles. The Labute approximate surface area is 170 Å². The van der Waals surface area contributed by atoms with Gasteiger partial charge in [-0.1, -0.05) is 11.6 Å². The second-order valence-electron chi connectivity index (χ2n) is 6.81. The number of aromatic nitrogens is 4. The molecule has 1 aromatic carbocycles. The van der Waals surface area contributed by atoms with Crippen LogP contribution >= 0.6 is 19.4 Å². The van der Waals surface area contributed by atoms with E-state index in [0.29, 0.717) is 22.6 Å². The lowest BCUT2D eigenvalue weighted by Gasteiger charge is -2.44. The highest BCUT2D eigenvalue weighted by atomic mass is 35.5. The van der Waals surface area contributed by atoms with Crippen LogP contribution in [0.4, 0.5) is 5.95 Å². The van der Waals surface area contributed by atoms with Gasteiger partial charge < -0.3 is 19.9 Å². The maximum atomic E-state index is 12.2. The average molecular weight is 440 g/mol. The second-order valence-corrected chi connectivity index (χ2v) is 8.62. The molecule has 3 aromatic rings. The van der Waals surface area contributed by atoms with Gasteiger partial charge >= 0.3 is 7.82 Å². The number of halogens is 1. The van der Waals surface area contributed by atoms with Crippen LogP contribution in [0.15, 0.2) is 36.8 Å². The van der Waals surface area contributed by atoms with E-state index < -0.39 is 7.82 Å². The van der Waals surface area contributed by atoms with Gasteiger partial charge in [-0.25, -0.2) is 14.5 Å². The van der Waals surface area contributed by atoms with Crippen molar-refractivity contribution in [1.29, 1.82) is 0 Å². The van der Waals surface area contributed by atoms with Gasteiger partial charge in [-0.3, -0.25) is 9.42 Å². The third kappa shape index (κ3) is 4.22. The zero-order chi connectivity index (χ0) is 20.6. The number of nitrogens with zero attached hydrogens (tertiary/aromatic N) is 4. The molecule has 29 heavy (non-hydrogen) atoms. The lowest BCUT2D eigenvalue weighted by Crippen LogP contribution is -2.42. The van der Waals surface area contributed by atoms with Gasteiger partial charge in [0, 0.05) is 23.6 Å². The summed E-state index contributed by atoms with van der Waals surface area (Å²) in [4.78, 5) is 22.3. The van der Waals surface area contributed by atoms with E-state index >= 15 is 0 Å². The summed E-state index contributed by atoms with van der Waals surface area (Å²) >= 11 is 5.78. The van der Waals surface area contributed by atoms with E-state index in [1.54, 1.807) is 18.5 Å². The number of phosphoric ester groups is 1. The number of rotatable bonds is 7. The molecule has 0 amide bonds. The summed E-state index contributed by atoms with van der Waals surface area (Å²) in [6.07, 6.45) is 3.78. The number of aliphatic hydroxyl groups is 1. The number of anilines is 1. The molecule has 4 atom stereocenters. The number of hydrogen-bond acceptors (Lipinski definition) is 8. The van der Waals surface area contributed by atoms with Gasteiger partial charge in [0.25, 0.3) is 0 Å². The smallest absolute Gasteiger partial charge is 0.404 e. The van der Waals surface area contributed by atoms with Crippen LogP contribution in [-0.4, -0.2) is 42.7 Å². The van der Waals surface area contributed by atoms with Gasteiger partial charge in [-0.05, 0) is 36.6 Å². The van der Waals surface area contributed by atoms with Gasteiger partial charge in [-0.2, -0.15) is 4.98 Å². The fourth-order valence-electron chi connectivity index (χ4n) is 3.49. The molecule has 0 saturated heterocycles. The van der Waals surface area contributed by atoms with E-state index in [1.165, 1.54) is 18.3 Å². The molecule has 0 aliphatic heterocycles. The van der Waals surface area contributed by atoms with Crippen molar-refractivity contribution in [3.05, 3.63) is 41.8 Å². The quantitative estimate of drug-likeness (QED) is 0.472. The van der Waals surface area contributed by atoms with Crippen LogP contribution in [0.1, 0.15) is 12.5 Å². The summed E-state index contributed by atoms with van der Waals surface area (Å²) in [6.45, 7) is -0.153. The number of benzene rings is 1. The van der Waals surface area contributed by atoms with Crippen LogP contribution in [0.2, 0.25) is 5.02 Å². The molecule has 1 aliphatic carbocycles. The Morgan fingerprint density at radius 2 is 2.07 bits per heavy atom. The minimum absolute atomic E-state index is 0.0349. The maximum Gasteiger partial charge on any atom is 0.527 e. The van der Waals surface area contributed by atoms with Gasteiger partial charge in [0.2, 0.25) is 5.95 Å². The third-order valence-electron chi connectivity index (χ3n) is 5.03. The predicted octanol–water partition coefficient (Wildman–Crippen LogP) is 2.43. The largest absolute Gasteiger partial charge is 0.527 e. The van der Waals surface area contributed by atoms with Crippen LogP contribution in [0.25, 0.3) is 11.2 Å². The number of nitrogen functional groups attached to an aromatic ring is 1. The van der Waals surface area contributed by atoms with Gasteiger partial charge in [0.05, 0.1) is 19.1 Å². The summed E-state index contributed by atoms with van der Waals surface area (Å²) < 4.78 is 24.2. The molecule has 154 valence electrons. The van der Waals surface area contributed by atoms with E-state index in [4.69, 9.17) is 26.4 Å². The van der Waals surface area contributed by atoms with E-state index in [9.17, 15) is 14.6 Å². The Bertz CT molecular complexity index is 1060. The number of nitrogens with two attached hydrogens (primary N) is 1. The fraction of sp³-hybridized carbons (Fsp3) is 0.353. The Kier molecular flexibility index (Phi) is 5.46.